The summed E-state index contributed by atoms with van der Waals surface area (Å²) in [6, 6.07) is 6.86. The smallest absolute Gasteiger partial charge is 0.339 e. The number of rotatable bonds is 5. The molecule has 2 aromatic heterocycles. The Morgan fingerprint density at radius 2 is 2.08 bits per heavy atom. The molecule has 0 bridgehead atoms. The first-order valence-corrected chi connectivity index (χ1v) is 7.66. The van der Waals surface area contributed by atoms with Crippen molar-refractivity contribution in [2.45, 2.75) is 19.8 Å². The van der Waals surface area contributed by atoms with E-state index in [1.54, 1.807) is 31.2 Å². The van der Waals surface area contributed by atoms with Crippen LogP contribution in [0.15, 0.2) is 33.5 Å². The van der Waals surface area contributed by atoms with Crippen molar-refractivity contribution in [2.24, 2.45) is 0 Å². The number of aliphatic hydroxyl groups is 1. The van der Waals surface area contributed by atoms with Gasteiger partial charge in [-0.15, -0.1) is 0 Å². The Hall–Kier alpha value is -2.51. The van der Waals surface area contributed by atoms with Gasteiger partial charge in [-0.2, -0.15) is 9.97 Å². The Kier molecular flexibility index (Phi) is 4.73. The number of halogens is 1. The van der Waals surface area contributed by atoms with Gasteiger partial charge < -0.3 is 14.3 Å². The van der Waals surface area contributed by atoms with Crippen molar-refractivity contribution in [2.75, 3.05) is 6.61 Å². The van der Waals surface area contributed by atoms with Gasteiger partial charge in [-0.25, -0.2) is 9.78 Å². The standard InChI is InChI=1S/C16H14ClN3O4/c1-9-7-10-4-5-11(8-12(10)24-14(9)22)23-16-19-13(3-2-6-21)18-15(17)20-16/h4-5,7-8,21H,2-3,6H2,1H3. The highest BCUT2D eigenvalue weighted by atomic mass is 35.5. The molecule has 0 aliphatic carbocycles. The molecule has 124 valence electrons. The maximum atomic E-state index is 11.6. The third-order valence-corrected chi connectivity index (χ3v) is 3.45. The van der Waals surface area contributed by atoms with E-state index in [0.717, 1.165) is 5.39 Å². The number of fused-ring (bicyclic) bond motifs is 1. The maximum absolute atomic E-state index is 11.6. The number of benzene rings is 1. The zero-order chi connectivity index (χ0) is 17.1. The molecule has 3 rings (SSSR count). The van der Waals surface area contributed by atoms with Crippen LogP contribution in [-0.4, -0.2) is 26.7 Å². The summed E-state index contributed by atoms with van der Waals surface area (Å²) in [4.78, 5) is 23.7. The molecule has 0 atom stereocenters. The number of aryl methyl sites for hydroxylation is 2. The van der Waals surface area contributed by atoms with Crippen LogP contribution in [0, 0.1) is 6.92 Å². The molecule has 0 saturated heterocycles. The van der Waals surface area contributed by atoms with Gasteiger partial charge in [-0.1, -0.05) is 0 Å². The second-order valence-electron chi connectivity index (χ2n) is 5.15. The highest BCUT2D eigenvalue weighted by Crippen LogP contribution is 2.24. The molecule has 1 N–H and O–H groups in total. The van der Waals surface area contributed by atoms with Gasteiger partial charge in [-0.05, 0) is 43.1 Å². The minimum absolute atomic E-state index is 0.0101. The van der Waals surface area contributed by atoms with Gasteiger partial charge in [0.05, 0.1) is 0 Å². The molecule has 0 radical (unpaired) electrons. The lowest BCUT2D eigenvalue weighted by Crippen LogP contribution is -2.03. The zero-order valence-corrected chi connectivity index (χ0v) is 13.6. The van der Waals surface area contributed by atoms with Crippen molar-refractivity contribution in [3.8, 4) is 11.8 Å². The van der Waals surface area contributed by atoms with Crippen molar-refractivity contribution in [1.29, 1.82) is 0 Å². The quantitative estimate of drug-likeness (QED) is 0.708. The number of aliphatic hydroxyl groups excluding tert-OH is 1. The fourth-order valence-corrected chi connectivity index (χ4v) is 2.30. The second-order valence-corrected chi connectivity index (χ2v) is 5.49. The summed E-state index contributed by atoms with van der Waals surface area (Å²) in [7, 11) is 0. The topological polar surface area (TPSA) is 98.3 Å². The van der Waals surface area contributed by atoms with E-state index in [2.05, 4.69) is 15.0 Å². The Labute approximate surface area is 141 Å². The monoisotopic (exact) mass is 347 g/mol. The van der Waals surface area contributed by atoms with Gasteiger partial charge in [0.1, 0.15) is 17.2 Å². The second kappa shape index (κ2) is 6.94. The van der Waals surface area contributed by atoms with Crippen LogP contribution in [0.25, 0.3) is 11.0 Å². The van der Waals surface area contributed by atoms with Crippen LogP contribution in [-0.2, 0) is 6.42 Å². The molecule has 0 spiro atoms. The Balaban J connectivity index is 1.90. The first-order chi connectivity index (χ1) is 11.5. The van der Waals surface area contributed by atoms with Crippen LogP contribution in [0.5, 0.6) is 11.8 Å². The summed E-state index contributed by atoms with van der Waals surface area (Å²) in [6.07, 6.45) is 0.973. The lowest BCUT2D eigenvalue weighted by molar-refractivity contribution is 0.287. The predicted molar refractivity (Wildman–Crippen MR) is 87.5 cm³/mol. The molecule has 2 heterocycles. The van der Waals surface area contributed by atoms with Crippen LogP contribution < -0.4 is 10.4 Å². The van der Waals surface area contributed by atoms with Gasteiger partial charge in [0.15, 0.2) is 0 Å². The van der Waals surface area contributed by atoms with Gasteiger partial charge >= 0.3 is 11.6 Å². The van der Waals surface area contributed by atoms with E-state index in [-0.39, 0.29) is 17.9 Å². The molecule has 0 unspecified atom stereocenters. The number of nitrogens with zero attached hydrogens (tertiary/aromatic N) is 3. The number of hydrogen-bond acceptors (Lipinski definition) is 7. The average molecular weight is 348 g/mol. The minimum atomic E-state index is -0.394. The molecule has 0 amide bonds. The SMILES string of the molecule is Cc1cc2ccc(Oc3nc(Cl)nc(CCCO)n3)cc2oc1=O. The van der Waals surface area contributed by atoms with E-state index in [1.807, 2.05) is 0 Å². The summed E-state index contributed by atoms with van der Waals surface area (Å²) in [5.74, 6) is 0.840. The molecule has 0 aliphatic rings. The van der Waals surface area contributed by atoms with Crippen molar-refractivity contribution in [3.05, 3.63) is 51.4 Å². The third kappa shape index (κ3) is 3.69. The van der Waals surface area contributed by atoms with Gasteiger partial charge in [-0.3, -0.25) is 0 Å². The summed E-state index contributed by atoms with van der Waals surface area (Å²) in [5.41, 5.74) is 0.548. The van der Waals surface area contributed by atoms with E-state index in [1.165, 1.54) is 0 Å². The number of hydrogen-bond donors (Lipinski definition) is 1. The molecular weight excluding hydrogens is 334 g/mol. The van der Waals surface area contributed by atoms with Crippen LogP contribution in [0.2, 0.25) is 5.28 Å². The Bertz CT molecular complexity index is 942. The van der Waals surface area contributed by atoms with Gasteiger partial charge in [0.25, 0.3) is 0 Å². The summed E-state index contributed by atoms with van der Waals surface area (Å²) >= 11 is 5.86. The summed E-state index contributed by atoms with van der Waals surface area (Å²) in [5, 5.41) is 9.67. The molecule has 7 nitrogen and oxygen atoms in total. The molecular formula is C16H14ClN3O4. The number of ether oxygens (including phenoxy) is 1. The highest BCUT2D eigenvalue weighted by molar-refractivity contribution is 6.28. The van der Waals surface area contributed by atoms with E-state index in [4.69, 9.17) is 25.9 Å². The van der Waals surface area contributed by atoms with Crippen LogP contribution in [0.3, 0.4) is 0 Å². The molecule has 24 heavy (non-hydrogen) atoms. The molecule has 0 aliphatic heterocycles. The van der Waals surface area contributed by atoms with Crippen LogP contribution in [0.1, 0.15) is 17.8 Å². The fourth-order valence-electron chi connectivity index (χ4n) is 2.13. The predicted octanol–water partition coefficient (Wildman–Crippen LogP) is 2.66. The normalized spacial score (nSPS) is 11.0. The molecule has 8 heteroatoms. The number of aromatic nitrogens is 3. The molecule has 3 aromatic rings. The van der Waals surface area contributed by atoms with Gasteiger partial charge in [0, 0.05) is 30.0 Å². The highest BCUT2D eigenvalue weighted by Gasteiger charge is 2.09. The third-order valence-electron chi connectivity index (χ3n) is 3.28. The van der Waals surface area contributed by atoms with Gasteiger partial charge in [0.2, 0.25) is 5.28 Å². The molecule has 0 saturated carbocycles. The Morgan fingerprint density at radius 1 is 1.25 bits per heavy atom. The van der Waals surface area contributed by atoms with Crippen molar-refractivity contribution >= 4 is 22.6 Å². The van der Waals surface area contributed by atoms with Crippen molar-refractivity contribution in [1.82, 2.24) is 15.0 Å². The van der Waals surface area contributed by atoms with Crippen molar-refractivity contribution < 1.29 is 14.3 Å². The first-order valence-electron chi connectivity index (χ1n) is 7.29. The summed E-state index contributed by atoms with van der Waals surface area (Å²) in [6.45, 7) is 1.72. The first kappa shape index (κ1) is 16.4. The van der Waals surface area contributed by atoms with E-state index < -0.39 is 5.63 Å². The largest absolute Gasteiger partial charge is 0.424 e. The lowest BCUT2D eigenvalue weighted by Gasteiger charge is -2.06. The zero-order valence-electron chi connectivity index (χ0n) is 12.8. The fraction of sp³-hybridized carbons (Fsp3) is 0.250. The van der Waals surface area contributed by atoms with E-state index in [9.17, 15) is 4.79 Å². The maximum Gasteiger partial charge on any atom is 0.339 e. The van der Waals surface area contributed by atoms with E-state index in [0.29, 0.717) is 35.6 Å². The summed E-state index contributed by atoms with van der Waals surface area (Å²) < 4.78 is 10.8. The van der Waals surface area contributed by atoms with Crippen LogP contribution >= 0.6 is 11.6 Å². The minimum Gasteiger partial charge on any atom is -0.424 e. The Morgan fingerprint density at radius 3 is 2.88 bits per heavy atom. The van der Waals surface area contributed by atoms with Crippen molar-refractivity contribution in [3.63, 3.8) is 0 Å². The lowest BCUT2D eigenvalue weighted by atomic mass is 10.2. The molecule has 0 fully saturated rings. The van der Waals surface area contributed by atoms with Crippen LogP contribution in [0.4, 0.5) is 0 Å². The average Bonchev–Trinajstić information content (AvgIpc) is 2.54. The molecule has 1 aromatic carbocycles. The van der Waals surface area contributed by atoms with E-state index >= 15 is 0 Å².